The number of aliphatic hydroxyl groups is 1. The van der Waals surface area contributed by atoms with Crippen molar-refractivity contribution in [2.24, 2.45) is 5.92 Å². The van der Waals surface area contributed by atoms with Crippen molar-refractivity contribution in [2.75, 3.05) is 11.9 Å². The number of aliphatic hydroxyl groups excluding tert-OH is 1. The molecule has 0 saturated carbocycles. The Morgan fingerprint density at radius 3 is 2.67 bits per heavy atom. The molecule has 3 rings (SSSR count). The van der Waals surface area contributed by atoms with E-state index in [9.17, 15) is 4.79 Å². The van der Waals surface area contributed by atoms with Gasteiger partial charge in [-0.2, -0.15) is 0 Å². The number of nitrogens with one attached hydrogen (secondary N) is 2. The molecule has 3 aromatic rings. The van der Waals surface area contributed by atoms with Crippen LogP contribution in [0.4, 0.5) is 5.69 Å². The number of carbonyl (C=O) groups is 1. The summed E-state index contributed by atoms with van der Waals surface area (Å²) in [6.45, 7) is 4.55. The maximum Gasteiger partial charge on any atom is 0.257 e. The Hall–Kier alpha value is -3.16. The minimum absolute atomic E-state index is 0.155. The Morgan fingerprint density at radius 1 is 1.13 bits per heavy atom. The highest BCUT2D eigenvalue weighted by Crippen LogP contribution is 2.25. The topological polar surface area (TPSA) is 83.7 Å². The van der Waals surface area contributed by atoms with Gasteiger partial charge in [-0.1, -0.05) is 32.0 Å². The number of benzene rings is 2. The van der Waals surface area contributed by atoms with Crippen LogP contribution in [0.25, 0.3) is 11.3 Å². The molecule has 7 heteroatoms. The molecule has 0 spiro atoms. The molecule has 1 amide bonds. The van der Waals surface area contributed by atoms with Crippen LogP contribution in [0, 0.1) is 5.92 Å². The first-order valence-corrected chi connectivity index (χ1v) is 10.0. The number of rotatable bonds is 7. The van der Waals surface area contributed by atoms with Crippen molar-refractivity contribution in [3.05, 3.63) is 72.0 Å². The molecule has 6 nitrogen and oxygen atoms in total. The van der Waals surface area contributed by atoms with Crippen molar-refractivity contribution >= 4 is 28.9 Å². The van der Waals surface area contributed by atoms with Crippen LogP contribution in [-0.4, -0.2) is 22.7 Å². The second-order valence-corrected chi connectivity index (χ2v) is 7.55. The van der Waals surface area contributed by atoms with Crippen molar-refractivity contribution < 1.29 is 19.1 Å². The molecule has 1 heterocycles. The molecule has 0 unspecified atom stereocenters. The number of furan rings is 1. The number of hydrogen-bond acceptors (Lipinski definition) is 5. The first-order valence-electron chi connectivity index (χ1n) is 9.60. The highest BCUT2D eigenvalue weighted by Gasteiger charge is 2.11. The van der Waals surface area contributed by atoms with Gasteiger partial charge in [-0.25, -0.2) is 0 Å². The number of hydrogen-bond donors (Lipinski definition) is 3. The van der Waals surface area contributed by atoms with Gasteiger partial charge in [0.05, 0.1) is 6.61 Å². The summed E-state index contributed by atoms with van der Waals surface area (Å²) in [5.41, 5.74) is 1.99. The van der Waals surface area contributed by atoms with Crippen LogP contribution in [0.5, 0.6) is 5.75 Å². The Kier molecular flexibility index (Phi) is 7.21. The number of anilines is 1. The Balaban J connectivity index is 1.62. The molecule has 0 aliphatic carbocycles. The van der Waals surface area contributed by atoms with Gasteiger partial charge < -0.3 is 19.6 Å². The minimum Gasteiger partial charge on any atom is -0.493 e. The zero-order valence-electron chi connectivity index (χ0n) is 16.8. The largest absolute Gasteiger partial charge is 0.493 e. The Bertz CT molecular complexity index is 1030. The van der Waals surface area contributed by atoms with E-state index in [0.29, 0.717) is 41.0 Å². The fourth-order valence-electron chi connectivity index (χ4n) is 2.70. The summed E-state index contributed by atoms with van der Waals surface area (Å²) in [5.74, 6) is 1.84. The Morgan fingerprint density at radius 2 is 1.93 bits per heavy atom. The van der Waals surface area contributed by atoms with Gasteiger partial charge in [0.15, 0.2) is 5.11 Å². The maximum absolute atomic E-state index is 12.5. The predicted octanol–water partition coefficient (Wildman–Crippen LogP) is 4.60. The molecule has 3 N–H and O–H groups in total. The summed E-state index contributed by atoms with van der Waals surface area (Å²) in [4.78, 5) is 12.5. The number of amides is 1. The minimum atomic E-state index is -0.322. The molecule has 156 valence electrons. The average molecular weight is 425 g/mol. The third kappa shape index (κ3) is 5.92. The summed E-state index contributed by atoms with van der Waals surface area (Å²) in [6, 6.07) is 17.9. The van der Waals surface area contributed by atoms with Crippen molar-refractivity contribution in [1.29, 1.82) is 0 Å². The van der Waals surface area contributed by atoms with E-state index >= 15 is 0 Å². The van der Waals surface area contributed by atoms with Gasteiger partial charge in [0.1, 0.15) is 23.9 Å². The summed E-state index contributed by atoms with van der Waals surface area (Å²) in [7, 11) is 0. The Labute approximate surface area is 180 Å². The molecule has 1 aromatic heterocycles. The van der Waals surface area contributed by atoms with Gasteiger partial charge in [0.25, 0.3) is 5.91 Å². The molecule has 0 bridgehead atoms. The standard InChI is InChI=1S/C23H24N2O4S/c1-15(2)14-28-19-8-4-6-17(12-19)22(27)25-23(30)24-18-7-3-5-16(11-18)21-10-9-20(13-26)29-21/h3-12,15,26H,13-14H2,1-2H3,(H2,24,25,27,30). The molecule has 0 saturated heterocycles. The third-order valence-corrected chi connectivity index (χ3v) is 4.33. The van der Waals surface area contributed by atoms with E-state index in [-0.39, 0.29) is 17.6 Å². The lowest BCUT2D eigenvalue weighted by molar-refractivity contribution is 0.0977. The predicted molar refractivity (Wildman–Crippen MR) is 121 cm³/mol. The van der Waals surface area contributed by atoms with Crippen LogP contribution in [0.3, 0.4) is 0 Å². The van der Waals surface area contributed by atoms with Gasteiger partial charge in [0, 0.05) is 16.8 Å². The summed E-state index contributed by atoms with van der Waals surface area (Å²) in [6.07, 6.45) is 0. The molecular formula is C23H24N2O4S. The first kappa shape index (κ1) is 21.5. The lowest BCUT2D eigenvalue weighted by atomic mass is 10.1. The van der Waals surface area contributed by atoms with Crippen molar-refractivity contribution in [3.63, 3.8) is 0 Å². The lowest BCUT2D eigenvalue weighted by Crippen LogP contribution is -2.34. The number of thiocarbonyl (C=S) groups is 1. The van der Waals surface area contributed by atoms with E-state index in [4.69, 9.17) is 26.5 Å². The quantitative estimate of drug-likeness (QED) is 0.481. The van der Waals surface area contributed by atoms with E-state index in [0.717, 1.165) is 5.56 Å². The SMILES string of the molecule is CC(C)COc1cccc(C(=O)NC(=S)Nc2cccc(-c3ccc(CO)o3)c2)c1. The summed E-state index contributed by atoms with van der Waals surface area (Å²) >= 11 is 5.28. The fraction of sp³-hybridized carbons (Fsp3) is 0.217. The fourth-order valence-corrected chi connectivity index (χ4v) is 2.91. The molecule has 0 atom stereocenters. The highest BCUT2D eigenvalue weighted by molar-refractivity contribution is 7.80. The number of ether oxygens (including phenoxy) is 1. The van der Waals surface area contributed by atoms with Gasteiger partial charge in [-0.05, 0) is 60.6 Å². The lowest BCUT2D eigenvalue weighted by Gasteiger charge is -2.12. The van der Waals surface area contributed by atoms with Crippen LogP contribution < -0.4 is 15.4 Å². The normalized spacial score (nSPS) is 10.7. The average Bonchev–Trinajstić information content (AvgIpc) is 3.22. The van der Waals surface area contributed by atoms with Gasteiger partial charge in [0.2, 0.25) is 0 Å². The van der Waals surface area contributed by atoms with Crippen molar-refractivity contribution in [2.45, 2.75) is 20.5 Å². The van der Waals surface area contributed by atoms with E-state index < -0.39 is 0 Å². The van der Waals surface area contributed by atoms with Crippen molar-refractivity contribution in [3.8, 4) is 17.1 Å². The van der Waals surface area contributed by atoms with E-state index in [1.807, 2.05) is 30.3 Å². The molecule has 0 aliphatic rings. The van der Waals surface area contributed by atoms with E-state index in [2.05, 4.69) is 24.5 Å². The monoisotopic (exact) mass is 424 g/mol. The molecule has 2 aromatic carbocycles. The molecular weight excluding hydrogens is 400 g/mol. The zero-order chi connectivity index (χ0) is 21.5. The van der Waals surface area contributed by atoms with Gasteiger partial charge >= 0.3 is 0 Å². The van der Waals surface area contributed by atoms with Crippen LogP contribution in [0.15, 0.2) is 65.1 Å². The highest BCUT2D eigenvalue weighted by atomic mass is 32.1. The van der Waals surface area contributed by atoms with E-state index in [1.54, 1.807) is 30.3 Å². The third-order valence-electron chi connectivity index (χ3n) is 4.13. The molecule has 30 heavy (non-hydrogen) atoms. The van der Waals surface area contributed by atoms with Crippen LogP contribution in [0.2, 0.25) is 0 Å². The zero-order valence-corrected chi connectivity index (χ0v) is 17.7. The molecule has 0 radical (unpaired) electrons. The van der Waals surface area contributed by atoms with Crippen LogP contribution in [0.1, 0.15) is 30.0 Å². The van der Waals surface area contributed by atoms with Gasteiger partial charge in [-0.3, -0.25) is 10.1 Å². The summed E-state index contributed by atoms with van der Waals surface area (Å²) < 4.78 is 11.2. The molecule has 0 aliphatic heterocycles. The van der Waals surface area contributed by atoms with Crippen LogP contribution in [-0.2, 0) is 6.61 Å². The molecule has 0 fully saturated rings. The summed E-state index contributed by atoms with van der Waals surface area (Å²) in [5, 5.41) is 15.0. The van der Waals surface area contributed by atoms with Gasteiger partial charge in [-0.15, -0.1) is 0 Å². The number of carbonyl (C=O) groups excluding carboxylic acids is 1. The van der Waals surface area contributed by atoms with Crippen LogP contribution >= 0.6 is 12.2 Å². The smallest absolute Gasteiger partial charge is 0.257 e. The second kappa shape index (κ2) is 10.0. The van der Waals surface area contributed by atoms with Crippen molar-refractivity contribution in [1.82, 2.24) is 5.32 Å². The first-order chi connectivity index (χ1) is 14.4. The second-order valence-electron chi connectivity index (χ2n) is 7.15. The van der Waals surface area contributed by atoms with E-state index in [1.165, 1.54) is 0 Å². The maximum atomic E-state index is 12.5.